The molecular formula is C15H17F2N3. The van der Waals surface area contributed by atoms with E-state index in [9.17, 15) is 8.78 Å². The van der Waals surface area contributed by atoms with Crippen molar-refractivity contribution in [2.24, 2.45) is 0 Å². The van der Waals surface area contributed by atoms with Crippen molar-refractivity contribution in [2.45, 2.75) is 27.2 Å². The highest BCUT2D eigenvalue weighted by Gasteiger charge is 2.16. The van der Waals surface area contributed by atoms with Crippen molar-refractivity contribution in [3.05, 3.63) is 41.0 Å². The van der Waals surface area contributed by atoms with Gasteiger partial charge < -0.3 is 5.32 Å². The van der Waals surface area contributed by atoms with Crippen LogP contribution in [0.5, 0.6) is 0 Å². The van der Waals surface area contributed by atoms with Gasteiger partial charge in [0.1, 0.15) is 0 Å². The first-order chi connectivity index (χ1) is 9.56. The van der Waals surface area contributed by atoms with Crippen molar-refractivity contribution in [3.8, 4) is 11.3 Å². The molecule has 106 valence electrons. The molecule has 0 unspecified atom stereocenters. The monoisotopic (exact) mass is 277 g/mol. The fraction of sp³-hybridized carbons (Fsp3) is 0.333. The maximum absolute atomic E-state index is 13.8. The molecule has 0 fully saturated rings. The number of hydrogen-bond acceptors (Lipinski definition) is 3. The standard InChI is InChI=1S/C15H17F2N3/c1-4-8-18-15-10(3)9(2)14(19-20-15)11-6-5-7-12(16)13(11)17/h5-7H,4,8H2,1-3H3,(H,18,20). The van der Waals surface area contributed by atoms with Crippen molar-refractivity contribution < 1.29 is 8.78 Å². The van der Waals surface area contributed by atoms with E-state index >= 15 is 0 Å². The highest BCUT2D eigenvalue weighted by atomic mass is 19.2. The van der Waals surface area contributed by atoms with Crippen LogP contribution in [0.4, 0.5) is 14.6 Å². The van der Waals surface area contributed by atoms with Crippen LogP contribution in [-0.4, -0.2) is 16.7 Å². The predicted molar refractivity (Wildman–Crippen MR) is 75.6 cm³/mol. The second-order valence-electron chi connectivity index (χ2n) is 4.68. The van der Waals surface area contributed by atoms with Crippen LogP contribution in [0.3, 0.4) is 0 Å². The van der Waals surface area contributed by atoms with E-state index in [1.807, 2.05) is 13.8 Å². The highest BCUT2D eigenvalue weighted by molar-refractivity contribution is 5.67. The van der Waals surface area contributed by atoms with Gasteiger partial charge in [0.05, 0.1) is 5.69 Å². The Morgan fingerprint density at radius 2 is 1.85 bits per heavy atom. The van der Waals surface area contributed by atoms with E-state index < -0.39 is 11.6 Å². The lowest BCUT2D eigenvalue weighted by atomic mass is 10.0. The summed E-state index contributed by atoms with van der Waals surface area (Å²) in [5, 5.41) is 11.3. The lowest BCUT2D eigenvalue weighted by Gasteiger charge is -2.13. The Hall–Kier alpha value is -2.04. The topological polar surface area (TPSA) is 37.8 Å². The Balaban J connectivity index is 2.48. The van der Waals surface area contributed by atoms with Crippen LogP contribution in [0.15, 0.2) is 18.2 Å². The van der Waals surface area contributed by atoms with E-state index in [2.05, 4.69) is 22.4 Å². The SMILES string of the molecule is CCCNc1nnc(-c2cccc(F)c2F)c(C)c1C. The van der Waals surface area contributed by atoms with Crippen LogP contribution in [-0.2, 0) is 0 Å². The molecule has 0 saturated carbocycles. The molecule has 0 saturated heterocycles. The maximum Gasteiger partial charge on any atom is 0.168 e. The summed E-state index contributed by atoms with van der Waals surface area (Å²) in [5.74, 6) is -1.09. The van der Waals surface area contributed by atoms with E-state index in [4.69, 9.17) is 0 Å². The van der Waals surface area contributed by atoms with E-state index in [1.165, 1.54) is 12.1 Å². The molecule has 0 aliphatic rings. The number of aromatic nitrogens is 2. The number of nitrogens with one attached hydrogen (secondary N) is 1. The van der Waals surface area contributed by atoms with E-state index in [0.717, 1.165) is 30.2 Å². The molecule has 0 amide bonds. The van der Waals surface area contributed by atoms with Gasteiger partial charge >= 0.3 is 0 Å². The molecule has 1 aromatic carbocycles. The summed E-state index contributed by atoms with van der Waals surface area (Å²) < 4.78 is 27.2. The fourth-order valence-corrected chi connectivity index (χ4v) is 1.96. The molecule has 5 heteroatoms. The maximum atomic E-state index is 13.8. The van der Waals surface area contributed by atoms with Crippen LogP contribution in [0.2, 0.25) is 0 Å². The number of benzene rings is 1. The number of nitrogens with zero attached hydrogens (tertiary/aromatic N) is 2. The third-order valence-electron chi connectivity index (χ3n) is 3.27. The summed E-state index contributed by atoms with van der Waals surface area (Å²) in [5.41, 5.74) is 2.21. The van der Waals surface area contributed by atoms with Crippen LogP contribution >= 0.6 is 0 Å². The van der Waals surface area contributed by atoms with Crippen molar-refractivity contribution >= 4 is 5.82 Å². The number of anilines is 1. The molecule has 3 nitrogen and oxygen atoms in total. The lowest BCUT2D eigenvalue weighted by Crippen LogP contribution is -2.08. The van der Waals surface area contributed by atoms with Crippen LogP contribution in [0, 0.1) is 25.5 Å². The zero-order valence-corrected chi connectivity index (χ0v) is 11.8. The average Bonchev–Trinajstić information content (AvgIpc) is 2.44. The average molecular weight is 277 g/mol. The largest absolute Gasteiger partial charge is 0.368 e. The summed E-state index contributed by atoms with van der Waals surface area (Å²) in [6, 6.07) is 4.06. The fourth-order valence-electron chi connectivity index (χ4n) is 1.96. The van der Waals surface area contributed by atoms with Gasteiger partial charge in [0, 0.05) is 12.1 Å². The third-order valence-corrected chi connectivity index (χ3v) is 3.27. The number of halogens is 2. The first kappa shape index (κ1) is 14.4. The molecule has 0 bridgehead atoms. The Labute approximate surface area is 117 Å². The number of hydrogen-bond donors (Lipinski definition) is 1. The summed E-state index contributed by atoms with van der Waals surface area (Å²) in [6.07, 6.45) is 0.973. The second kappa shape index (κ2) is 5.94. The molecule has 1 N–H and O–H groups in total. The van der Waals surface area contributed by atoms with E-state index in [1.54, 1.807) is 0 Å². The minimum absolute atomic E-state index is 0.139. The molecule has 1 aromatic heterocycles. The smallest absolute Gasteiger partial charge is 0.168 e. The molecule has 0 spiro atoms. The summed E-state index contributed by atoms with van der Waals surface area (Å²) in [6.45, 7) is 6.57. The van der Waals surface area contributed by atoms with Gasteiger partial charge in [0.25, 0.3) is 0 Å². The van der Waals surface area contributed by atoms with Gasteiger partial charge in [-0.05, 0) is 43.5 Å². The molecule has 20 heavy (non-hydrogen) atoms. The van der Waals surface area contributed by atoms with Gasteiger partial charge in [-0.2, -0.15) is 0 Å². The van der Waals surface area contributed by atoms with Crippen LogP contribution in [0.1, 0.15) is 24.5 Å². The molecule has 1 heterocycles. The van der Waals surface area contributed by atoms with Crippen molar-refractivity contribution in [3.63, 3.8) is 0 Å². The quantitative estimate of drug-likeness (QED) is 0.922. The van der Waals surface area contributed by atoms with Crippen LogP contribution in [0.25, 0.3) is 11.3 Å². The molecular weight excluding hydrogens is 260 g/mol. The summed E-state index contributed by atoms with van der Waals surface area (Å²) in [7, 11) is 0. The Bertz CT molecular complexity index is 627. The third kappa shape index (κ3) is 2.61. The first-order valence-electron chi connectivity index (χ1n) is 6.58. The van der Waals surface area contributed by atoms with Gasteiger partial charge in [0.15, 0.2) is 17.5 Å². The molecule has 0 atom stereocenters. The molecule has 0 radical (unpaired) electrons. The predicted octanol–water partition coefficient (Wildman–Crippen LogP) is 3.86. The summed E-state index contributed by atoms with van der Waals surface area (Å²) >= 11 is 0. The molecule has 2 rings (SSSR count). The van der Waals surface area contributed by atoms with Gasteiger partial charge in [-0.15, -0.1) is 10.2 Å². The molecule has 2 aromatic rings. The van der Waals surface area contributed by atoms with Crippen LogP contribution < -0.4 is 5.32 Å². The zero-order chi connectivity index (χ0) is 14.7. The van der Waals surface area contributed by atoms with Gasteiger partial charge in [0.2, 0.25) is 0 Å². The molecule has 0 aliphatic heterocycles. The minimum atomic E-state index is -0.890. The lowest BCUT2D eigenvalue weighted by molar-refractivity contribution is 0.510. The highest BCUT2D eigenvalue weighted by Crippen LogP contribution is 2.28. The van der Waals surface area contributed by atoms with Crippen molar-refractivity contribution in [1.29, 1.82) is 0 Å². The minimum Gasteiger partial charge on any atom is -0.368 e. The van der Waals surface area contributed by atoms with Gasteiger partial charge in [-0.3, -0.25) is 0 Å². The second-order valence-corrected chi connectivity index (χ2v) is 4.68. The number of rotatable bonds is 4. The Kier molecular flexibility index (Phi) is 4.27. The Morgan fingerprint density at radius 3 is 2.55 bits per heavy atom. The zero-order valence-electron chi connectivity index (χ0n) is 11.8. The normalized spacial score (nSPS) is 10.7. The Morgan fingerprint density at radius 1 is 1.10 bits per heavy atom. The van der Waals surface area contributed by atoms with E-state index in [0.29, 0.717) is 11.5 Å². The van der Waals surface area contributed by atoms with Crippen molar-refractivity contribution in [2.75, 3.05) is 11.9 Å². The molecule has 0 aliphatic carbocycles. The van der Waals surface area contributed by atoms with Gasteiger partial charge in [-0.1, -0.05) is 13.0 Å². The van der Waals surface area contributed by atoms with E-state index in [-0.39, 0.29) is 5.56 Å². The van der Waals surface area contributed by atoms with Crippen molar-refractivity contribution in [1.82, 2.24) is 10.2 Å². The van der Waals surface area contributed by atoms with Gasteiger partial charge in [-0.25, -0.2) is 8.78 Å². The first-order valence-corrected chi connectivity index (χ1v) is 6.58. The summed E-state index contributed by atoms with van der Waals surface area (Å²) in [4.78, 5) is 0.